The monoisotopic (exact) mass is 326 g/mol. The average Bonchev–Trinajstić information content (AvgIpc) is 2.55. The lowest BCUT2D eigenvalue weighted by atomic mass is 9.98. The van der Waals surface area contributed by atoms with E-state index in [2.05, 4.69) is 0 Å². The van der Waals surface area contributed by atoms with E-state index in [0.29, 0.717) is 24.5 Å². The molecule has 0 spiro atoms. The number of hydrogen-bond donors (Lipinski definition) is 1. The average molecular weight is 326 g/mol. The molecule has 2 rings (SSSR count). The third-order valence-corrected chi connectivity index (χ3v) is 3.55. The molecule has 0 aliphatic rings. The van der Waals surface area contributed by atoms with Crippen LogP contribution in [-0.4, -0.2) is 24.3 Å². The Kier molecular flexibility index (Phi) is 6.01. The second-order valence-electron chi connectivity index (χ2n) is 5.24. The number of rotatable bonds is 7. The summed E-state index contributed by atoms with van der Waals surface area (Å²) in [6.45, 7) is 6.78. The van der Waals surface area contributed by atoms with Crippen LogP contribution >= 0.6 is 0 Å². The van der Waals surface area contributed by atoms with Crippen LogP contribution < -0.4 is 9.47 Å². The standard InChI is InChI=1S/C20H22O4/c1-4-23-16-10-11-17(14(3)12-16)18(20(21)22)13-15-8-6-7-9-19(15)24-5-2/h6-13H,4-5H2,1-3H3,(H,21,22)/b18-13-. The van der Waals surface area contributed by atoms with Gasteiger partial charge in [-0.3, -0.25) is 0 Å². The zero-order chi connectivity index (χ0) is 17.5. The summed E-state index contributed by atoms with van der Waals surface area (Å²) in [4.78, 5) is 11.8. The zero-order valence-corrected chi connectivity index (χ0v) is 14.2. The summed E-state index contributed by atoms with van der Waals surface area (Å²) in [6, 6.07) is 12.8. The van der Waals surface area contributed by atoms with E-state index < -0.39 is 5.97 Å². The number of aryl methyl sites for hydroxylation is 1. The Morgan fingerprint density at radius 2 is 1.79 bits per heavy atom. The van der Waals surface area contributed by atoms with Crippen LogP contribution in [0.3, 0.4) is 0 Å². The normalized spacial score (nSPS) is 11.2. The molecule has 0 radical (unpaired) electrons. The first-order valence-electron chi connectivity index (χ1n) is 7.97. The molecule has 2 aromatic carbocycles. The van der Waals surface area contributed by atoms with Gasteiger partial charge in [-0.05, 0) is 56.2 Å². The minimum Gasteiger partial charge on any atom is -0.494 e. The van der Waals surface area contributed by atoms with E-state index in [1.54, 1.807) is 18.2 Å². The number of carboxylic acids is 1. The van der Waals surface area contributed by atoms with Gasteiger partial charge in [-0.2, -0.15) is 0 Å². The highest BCUT2D eigenvalue weighted by Gasteiger charge is 2.15. The van der Waals surface area contributed by atoms with Crippen LogP contribution in [0, 0.1) is 6.92 Å². The highest BCUT2D eigenvalue weighted by Crippen LogP contribution is 2.28. The molecule has 4 heteroatoms. The molecule has 0 saturated carbocycles. The lowest BCUT2D eigenvalue weighted by Gasteiger charge is -2.11. The van der Waals surface area contributed by atoms with Crippen LogP contribution in [0.4, 0.5) is 0 Å². The van der Waals surface area contributed by atoms with Crippen molar-refractivity contribution >= 4 is 17.6 Å². The van der Waals surface area contributed by atoms with Crippen LogP contribution in [0.5, 0.6) is 11.5 Å². The molecule has 0 amide bonds. The van der Waals surface area contributed by atoms with Crippen molar-refractivity contribution in [3.05, 3.63) is 59.2 Å². The van der Waals surface area contributed by atoms with Gasteiger partial charge < -0.3 is 14.6 Å². The van der Waals surface area contributed by atoms with E-state index >= 15 is 0 Å². The SMILES string of the molecule is CCOc1ccc(/C(=C/c2ccccc2OCC)C(=O)O)c(C)c1. The third-order valence-electron chi connectivity index (χ3n) is 3.55. The lowest BCUT2D eigenvalue weighted by molar-refractivity contribution is -0.130. The van der Waals surface area contributed by atoms with Crippen molar-refractivity contribution in [2.45, 2.75) is 20.8 Å². The smallest absolute Gasteiger partial charge is 0.336 e. The highest BCUT2D eigenvalue weighted by atomic mass is 16.5. The molecule has 0 aliphatic heterocycles. The summed E-state index contributed by atoms with van der Waals surface area (Å²) in [5.41, 5.74) is 2.48. The summed E-state index contributed by atoms with van der Waals surface area (Å²) < 4.78 is 11.0. The minimum absolute atomic E-state index is 0.225. The number of para-hydroxylation sites is 1. The first-order valence-corrected chi connectivity index (χ1v) is 7.97. The molecule has 1 N–H and O–H groups in total. The van der Waals surface area contributed by atoms with Crippen molar-refractivity contribution in [2.24, 2.45) is 0 Å². The molecular weight excluding hydrogens is 304 g/mol. The van der Waals surface area contributed by atoms with Crippen molar-refractivity contribution < 1.29 is 19.4 Å². The van der Waals surface area contributed by atoms with Crippen LogP contribution in [-0.2, 0) is 4.79 Å². The van der Waals surface area contributed by atoms with Gasteiger partial charge in [0.2, 0.25) is 0 Å². The molecule has 0 fully saturated rings. The number of carboxylic acid groups (broad SMARTS) is 1. The van der Waals surface area contributed by atoms with Crippen molar-refractivity contribution in [1.29, 1.82) is 0 Å². The van der Waals surface area contributed by atoms with Gasteiger partial charge in [0.05, 0.1) is 18.8 Å². The fraction of sp³-hybridized carbons (Fsp3) is 0.250. The second kappa shape index (κ2) is 8.20. The van der Waals surface area contributed by atoms with Gasteiger partial charge in [0.1, 0.15) is 11.5 Å². The van der Waals surface area contributed by atoms with Crippen LogP contribution in [0.25, 0.3) is 11.6 Å². The molecular formula is C20H22O4. The van der Waals surface area contributed by atoms with Crippen LogP contribution in [0.1, 0.15) is 30.5 Å². The summed E-state index contributed by atoms with van der Waals surface area (Å²) in [7, 11) is 0. The van der Waals surface area contributed by atoms with Crippen molar-refractivity contribution in [3.63, 3.8) is 0 Å². The van der Waals surface area contributed by atoms with E-state index in [9.17, 15) is 9.90 Å². The molecule has 0 bridgehead atoms. The molecule has 2 aromatic rings. The van der Waals surface area contributed by atoms with E-state index in [-0.39, 0.29) is 5.57 Å². The summed E-state index contributed by atoms with van der Waals surface area (Å²) in [6.07, 6.45) is 1.65. The number of aliphatic carboxylic acids is 1. The van der Waals surface area contributed by atoms with Crippen LogP contribution in [0.15, 0.2) is 42.5 Å². The molecule has 0 aliphatic carbocycles. The van der Waals surface area contributed by atoms with Crippen molar-refractivity contribution in [1.82, 2.24) is 0 Å². The largest absolute Gasteiger partial charge is 0.494 e. The summed E-state index contributed by atoms with van der Waals surface area (Å²) >= 11 is 0. The predicted molar refractivity (Wildman–Crippen MR) is 95.5 cm³/mol. The Balaban J connectivity index is 2.49. The highest BCUT2D eigenvalue weighted by molar-refractivity contribution is 6.21. The minimum atomic E-state index is -0.978. The first kappa shape index (κ1) is 17.6. The quantitative estimate of drug-likeness (QED) is 0.604. The predicted octanol–water partition coefficient (Wildman–Crippen LogP) is 4.42. The number of ether oxygens (including phenoxy) is 2. The maximum atomic E-state index is 11.8. The summed E-state index contributed by atoms with van der Waals surface area (Å²) in [5.74, 6) is 0.425. The van der Waals surface area contributed by atoms with E-state index in [0.717, 1.165) is 16.9 Å². The van der Waals surface area contributed by atoms with Gasteiger partial charge >= 0.3 is 5.97 Å². The summed E-state index contributed by atoms with van der Waals surface area (Å²) in [5, 5.41) is 9.67. The molecule has 0 aromatic heterocycles. The van der Waals surface area contributed by atoms with Crippen molar-refractivity contribution in [3.8, 4) is 11.5 Å². The van der Waals surface area contributed by atoms with Crippen molar-refractivity contribution in [2.75, 3.05) is 13.2 Å². The van der Waals surface area contributed by atoms with Gasteiger partial charge in [-0.25, -0.2) is 4.79 Å². The maximum Gasteiger partial charge on any atom is 0.336 e. The molecule has 0 unspecified atom stereocenters. The first-order chi connectivity index (χ1) is 11.6. The Morgan fingerprint density at radius 1 is 1.08 bits per heavy atom. The van der Waals surface area contributed by atoms with Crippen LogP contribution in [0.2, 0.25) is 0 Å². The molecule has 24 heavy (non-hydrogen) atoms. The molecule has 0 saturated heterocycles. The van der Waals surface area contributed by atoms with Gasteiger partial charge in [0.25, 0.3) is 0 Å². The topological polar surface area (TPSA) is 55.8 Å². The Hall–Kier alpha value is -2.75. The molecule has 0 heterocycles. The van der Waals surface area contributed by atoms with Gasteiger partial charge in [0, 0.05) is 5.56 Å². The fourth-order valence-electron chi connectivity index (χ4n) is 2.49. The van der Waals surface area contributed by atoms with Gasteiger partial charge in [-0.1, -0.05) is 24.3 Å². The fourth-order valence-corrected chi connectivity index (χ4v) is 2.49. The Bertz CT molecular complexity index is 747. The van der Waals surface area contributed by atoms with E-state index in [1.165, 1.54) is 0 Å². The maximum absolute atomic E-state index is 11.8. The molecule has 0 atom stereocenters. The number of hydrogen-bond acceptors (Lipinski definition) is 3. The van der Waals surface area contributed by atoms with Gasteiger partial charge in [0.15, 0.2) is 0 Å². The lowest BCUT2D eigenvalue weighted by Crippen LogP contribution is -2.03. The molecule has 4 nitrogen and oxygen atoms in total. The zero-order valence-electron chi connectivity index (χ0n) is 14.2. The number of benzene rings is 2. The van der Waals surface area contributed by atoms with Gasteiger partial charge in [-0.15, -0.1) is 0 Å². The van der Waals surface area contributed by atoms with E-state index in [4.69, 9.17) is 9.47 Å². The number of carbonyl (C=O) groups is 1. The molecule has 126 valence electrons. The Morgan fingerprint density at radius 3 is 2.42 bits per heavy atom. The third kappa shape index (κ3) is 4.16. The second-order valence-corrected chi connectivity index (χ2v) is 5.24. The Labute approximate surface area is 142 Å². The van der Waals surface area contributed by atoms with E-state index in [1.807, 2.05) is 51.1 Å².